The van der Waals surface area contributed by atoms with Gasteiger partial charge in [0.25, 0.3) is 10.0 Å². The smallest absolute Gasteiger partial charge is 0.350 e. The Morgan fingerprint density at radius 3 is 2.78 bits per heavy atom. The van der Waals surface area contributed by atoms with Crippen LogP contribution < -0.4 is 10.5 Å². The molecule has 0 amide bonds. The summed E-state index contributed by atoms with van der Waals surface area (Å²) < 4.78 is 31.9. The van der Waals surface area contributed by atoms with Crippen molar-refractivity contribution in [3.05, 3.63) is 33.8 Å². The highest BCUT2D eigenvalue weighted by Crippen LogP contribution is 2.29. The first-order valence-electron chi connectivity index (χ1n) is 6.47. The summed E-state index contributed by atoms with van der Waals surface area (Å²) in [4.78, 5) is 15.9. The van der Waals surface area contributed by atoms with Crippen LogP contribution >= 0.6 is 22.9 Å². The minimum absolute atomic E-state index is 0.00334. The molecule has 1 aromatic heterocycles. The summed E-state index contributed by atoms with van der Waals surface area (Å²) >= 11 is 6.81. The third-order valence-electron chi connectivity index (χ3n) is 2.72. The Hall–Kier alpha value is -1.84. The van der Waals surface area contributed by atoms with Crippen LogP contribution in [0.3, 0.4) is 0 Å². The third kappa shape index (κ3) is 3.92. The van der Waals surface area contributed by atoms with E-state index in [2.05, 4.69) is 9.71 Å². The molecule has 7 nitrogen and oxygen atoms in total. The number of carbonyl (C=O) groups is 1. The summed E-state index contributed by atoms with van der Waals surface area (Å²) in [5, 5.41) is 0.0508. The summed E-state index contributed by atoms with van der Waals surface area (Å²) in [6, 6.07) is 4.07. The van der Waals surface area contributed by atoms with Crippen LogP contribution in [0.5, 0.6) is 0 Å². The van der Waals surface area contributed by atoms with Crippen molar-refractivity contribution in [1.29, 1.82) is 0 Å². The fraction of sp³-hybridized carbons (Fsp3) is 0.231. The highest BCUT2D eigenvalue weighted by atomic mass is 35.5. The molecule has 0 aliphatic rings. The van der Waals surface area contributed by atoms with Crippen molar-refractivity contribution in [2.75, 3.05) is 17.1 Å². The number of hydrogen-bond donors (Lipinski definition) is 2. The van der Waals surface area contributed by atoms with E-state index < -0.39 is 16.0 Å². The first-order chi connectivity index (χ1) is 10.7. The van der Waals surface area contributed by atoms with Gasteiger partial charge < -0.3 is 10.5 Å². The number of ether oxygens (including phenoxy) is 1. The highest BCUT2D eigenvalue weighted by Gasteiger charge is 2.22. The summed E-state index contributed by atoms with van der Waals surface area (Å²) in [6.07, 6.45) is 0. The van der Waals surface area contributed by atoms with Gasteiger partial charge in [-0.25, -0.2) is 18.2 Å². The summed E-state index contributed by atoms with van der Waals surface area (Å²) in [5.41, 5.74) is 6.28. The van der Waals surface area contributed by atoms with Crippen molar-refractivity contribution in [3.63, 3.8) is 0 Å². The Morgan fingerprint density at radius 2 is 2.17 bits per heavy atom. The summed E-state index contributed by atoms with van der Waals surface area (Å²) in [5.74, 6) is -0.543. The molecule has 0 fully saturated rings. The fourth-order valence-corrected chi connectivity index (χ4v) is 4.38. The number of nitrogens with one attached hydrogen (secondary N) is 1. The van der Waals surface area contributed by atoms with Crippen LogP contribution in [0, 0.1) is 6.92 Å². The fourth-order valence-electron chi connectivity index (χ4n) is 1.73. The molecule has 0 radical (unpaired) electrons. The Labute approximate surface area is 142 Å². The third-order valence-corrected chi connectivity index (χ3v) is 5.73. The number of hydrogen-bond acceptors (Lipinski definition) is 7. The number of thiazole rings is 1. The zero-order valence-electron chi connectivity index (χ0n) is 12.3. The van der Waals surface area contributed by atoms with Gasteiger partial charge in [0.1, 0.15) is 9.77 Å². The number of nitrogens with two attached hydrogens (primary N) is 1. The monoisotopic (exact) mass is 375 g/mol. The summed E-state index contributed by atoms with van der Waals surface area (Å²) in [6.45, 7) is 3.50. The number of carbonyl (C=O) groups excluding carboxylic acids is 1. The van der Waals surface area contributed by atoms with Gasteiger partial charge in [0.15, 0.2) is 5.13 Å². The molecule has 3 N–H and O–H groups in total. The lowest BCUT2D eigenvalue weighted by Gasteiger charge is -2.07. The number of nitrogen functional groups attached to an aromatic ring is 1. The van der Waals surface area contributed by atoms with Crippen molar-refractivity contribution in [1.82, 2.24) is 4.98 Å². The Kier molecular flexibility index (Phi) is 5.12. The van der Waals surface area contributed by atoms with Gasteiger partial charge in [-0.3, -0.25) is 4.72 Å². The molecule has 1 heterocycles. The predicted octanol–water partition coefficient (Wildman–Crippen LogP) is 2.66. The molecule has 0 bridgehead atoms. The van der Waals surface area contributed by atoms with Crippen LogP contribution in [0.1, 0.15) is 22.3 Å². The minimum Gasteiger partial charge on any atom is -0.462 e. The lowest BCUT2D eigenvalue weighted by molar-refractivity contribution is 0.0531. The van der Waals surface area contributed by atoms with Crippen LogP contribution in [0.25, 0.3) is 0 Å². The van der Waals surface area contributed by atoms with E-state index in [1.165, 1.54) is 18.2 Å². The zero-order valence-corrected chi connectivity index (χ0v) is 14.7. The molecule has 1 aromatic carbocycles. The largest absolute Gasteiger partial charge is 0.462 e. The maximum absolute atomic E-state index is 12.4. The topological polar surface area (TPSA) is 111 Å². The van der Waals surface area contributed by atoms with Gasteiger partial charge in [-0.2, -0.15) is 0 Å². The number of halogens is 1. The first-order valence-corrected chi connectivity index (χ1v) is 9.14. The van der Waals surface area contributed by atoms with Gasteiger partial charge in [0, 0.05) is 5.69 Å². The highest BCUT2D eigenvalue weighted by molar-refractivity contribution is 7.93. The van der Waals surface area contributed by atoms with Gasteiger partial charge in [0.2, 0.25) is 0 Å². The lowest BCUT2D eigenvalue weighted by atomic mass is 10.3. The maximum atomic E-state index is 12.4. The van der Waals surface area contributed by atoms with E-state index in [-0.39, 0.29) is 26.5 Å². The van der Waals surface area contributed by atoms with Crippen molar-refractivity contribution in [2.24, 2.45) is 0 Å². The quantitative estimate of drug-likeness (QED) is 0.613. The molecule has 0 atom stereocenters. The second-order valence-electron chi connectivity index (χ2n) is 4.45. The molecule has 2 rings (SSSR count). The van der Waals surface area contributed by atoms with E-state index in [1.54, 1.807) is 13.8 Å². The van der Waals surface area contributed by atoms with Gasteiger partial charge in [-0.05, 0) is 32.0 Å². The molecule has 10 heteroatoms. The molecular formula is C13H14ClN3O4S2. The van der Waals surface area contributed by atoms with Crippen molar-refractivity contribution in [3.8, 4) is 0 Å². The first kappa shape index (κ1) is 17.5. The van der Waals surface area contributed by atoms with Gasteiger partial charge in [-0.15, -0.1) is 0 Å². The molecule has 0 aliphatic carbocycles. The average molecular weight is 376 g/mol. The summed E-state index contributed by atoms with van der Waals surface area (Å²) in [7, 11) is -3.94. The Bertz CT molecular complexity index is 849. The molecule has 0 unspecified atom stereocenters. The molecule has 124 valence electrons. The average Bonchev–Trinajstić information content (AvgIpc) is 2.78. The van der Waals surface area contributed by atoms with E-state index >= 15 is 0 Å². The van der Waals surface area contributed by atoms with E-state index in [9.17, 15) is 13.2 Å². The lowest BCUT2D eigenvalue weighted by Crippen LogP contribution is -2.13. The minimum atomic E-state index is -3.94. The van der Waals surface area contributed by atoms with Crippen LogP contribution in [-0.4, -0.2) is 26.0 Å². The van der Waals surface area contributed by atoms with E-state index in [0.717, 1.165) is 11.3 Å². The van der Waals surface area contributed by atoms with Crippen LogP contribution in [-0.2, 0) is 14.8 Å². The number of benzene rings is 1. The number of rotatable bonds is 5. The molecule has 2 aromatic rings. The van der Waals surface area contributed by atoms with E-state index in [4.69, 9.17) is 22.1 Å². The molecule has 0 saturated heterocycles. The second-order valence-corrected chi connectivity index (χ2v) is 7.51. The number of sulfonamides is 1. The number of nitrogens with zero attached hydrogens (tertiary/aromatic N) is 1. The number of anilines is 2. The van der Waals surface area contributed by atoms with Crippen LogP contribution in [0.2, 0.25) is 5.02 Å². The van der Waals surface area contributed by atoms with Gasteiger partial charge in [-0.1, -0.05) is 22.9 Å². The Morgan fingerprint density at radius 1 is 1.48 bits per heavy atom. The van der Waals surface area contributed by atoms with Gasteiger partial charge >= 0.3 is 5.97 Å². The molecular weight excluding hydrogens is 362 g/mol. The van der Waals surface area contributed by atoms with Gasteiger partial charge in [0.05, 0.1) is 17.3 Å². The predicted molar refractivity (Wildman–Crippen MR) is 89.5 cm³/mol. The van der Waals surface area contributed by atoms with Crippen LogP contribution in [0.4, 0.5) is 10.8 Å². The molecule has 23 heavy (non-hydrogen) atoms. The zero-order chi connectivity index (χ0) is 17.2. The maximum Gasteiger partial charge on any atom is 0.350 e. The van der Waals surface area contributed by atoms with Crippen molar-refractivity contribution >= 4 is 49.7 Å². The van der Waals surface area contributed by atoms with E-state index in [1.807, 2.05) is 0 Å². The molecule has 0 saturated carbocycles. The van der Waals surface area contributed by atoms with Crippen molar-refractivity contribution < 1.29 is 17.9 Å². The van der Waals surface area contributed by atoms with E-state index in [0.29, 0.717) is 11.4 Å². The number of aryl methyl sites for hydroxylation is 1. The molecule has 0 spiro atoms. The van der Waals surface area contributed by atoms with Crippen molar-refractivity contribution in [2.45, 2.75) is 18.7 Å². The Balaban J connectivity index is 2.31. The SMILES string of the molecule is CCOC(=O)c1sc(NS(=O)(=O)c2ccc(N)cc2Cl)nc1C. The van der Waals surface area contributed by atoms with Crippen LogP contribution in [0.15, 0.2) is 23.1 Å². The standard InChI is InChI=1S/C13H14ClN3O4S2/c1-3-21-12(18)11-7(2)16-13(22-11)17-23(19,20)10-5-4-8(15)6-9(10)14/h4-6H,3,15H2,1-2H3,(H,16,17). The normalized spacial score (nSPS) is 11.3. The number of esters is 1. The number of aromatic nitrogens is 1. The molecule has 0 aliphatic heterocycles. The second kappa shape index (κ2) is 6.73.